The fourth-order valence-corrected chi connectivity index (χ4v) is 6.78. The Morgan fingerprint density at radius 3 is 1.86 bits per heavy atom. The van der Waals surface area contributed by atoms with Crippen molar-refractivity contribution in [1.82, 2.24) is 0 Å². The normalized spacial score (nSPS) is 26.2. The molecular formula is C26H33BrN2. The predicted octanol–water partition coefficient (Wildman–Crippen LogP) is 7.25. The summed E-state index contributed by atoms with van der Waals surface area (Å²) in [6.07, 6.45) is 0.309. The molecule has 0 radical (unpaired) electrons. The van der Waals surface area contributed by atoms with Gasteiger partial charge in [-0.3, -0.25) is 0 Å². The Kier molecular flexibility index (Phi) is 3.51. The van der Waals surface area contributed by atoms with Crippen molar-refractivity contribution in [1.29, 1.82) is 0 Å². The van der Waals surface area contributed by atoms with Crippen LogP contribution in [0.2, 0.25) is 0 Å². The quantitative estimate of drug-likeness (QED) is 0.415. The average Bonchev–Trinajstić information content (AvgIpc) is 3.07. The summed E-state index contributed by atoms with van der Waals surface area (Å²) >= 11 is 3.71. The van der Waals surface area contributed by atoms with Crippen LogP contribution >= 0.6 is 15.9 Å². The molecule has 0 bridgehead atoms. The molecule has 29 heavy (non-hydrogen) atoms. The van der Waals surface area contributed by atoms with Gasteiger partial charge in [0.15, 0.2) is 0 Å². The molecule has 2 aliphatic heterocycles. The van der Waals surface area contributed by atoms with Gasteiger partial charge in [-0.25, -0.2) is 0 Å². The van der Waals surface area contributed by atoms with Gasteiger partial charge >= 0.3 is 0 Å². The van der Waals surface area contributed by atoms with Crippen molar-refractivity contribution in [3.05, 3.63) is 51.5 Å². The minimum atomic E-state index is 0.0541. The van der Waals surface area contributed by atoms with E-state index in [1.165, 1.54) is 33.8 Å². The second-order valence-corrected chi connectivity index (χ2v) is 12.4. The van der Waals surface area contributed by atoms with Crippen LogP contribution in [-0.4, -0.2) is 13.2 Å². The molecule has 2 aromatic carbocycles. The molecule has 0 aromatic heterocycles. The highest BCUT2D eigenvalue weighted by molar-refractivity contribution is 9.10. The Bertz CT molecular complexity index is 1060. The number of nitrogens with zero attached hydrogens (tertiary/aromatic N) is 2. The van der Waals surface area contributed by atoms with Crippen LogP contribution in [0.15, 0.2) is 34.8 Å². The molecule has 1 atom stereocenters. The van der Waals surface area contributed by atoms with Gasteiger partial charge in [0.2, 0.25) is 0 Å². The monoisotopic (exact) mass is 452 g/mol. The Morgan fingerprint density at radius 1 is 0.724 bits per heavy atom. The smallest absolute Gasteiger partial charge is 0.115 e. The van der Waals surface area contributed by atoms with E-state index in [0.717, 1.165) is 4.47 Å². The van der Waals surface area contributed by atoms with E-state index in [1.807, 2.05) is 0 Å². The number of likely N-dealkylation sites (N-methyl/N-ethyl adjacent to an activating group) is 1. The summed E-state index contributed by atoms with van der Waals surface area (Å²) in [5.74, 6) is 0. The van der Waals surface area contributed by atoms with Gasteiger partial charge in [0.05, 0.1) is 11.4 Å². The topological polar surface area (TPSA) is 6.48 Å². The SMILES string of the molecule is CN1c2cc3c(cc2N2c4cc(Br)ccc4C(C)(C)C12)C(C)(C)C(C)(C)C3(C)C. The van der Waals surface area contributed by atoms with Gasteiger partial charge in [-0.05, 0) is 57.2 Å². The first-order valence-corrected chi connectivity index (χ1v) is 11.5. The number of anilines is 3. The maximum Gasteiger partial charge on any atom is 0.115 e. The molecule has 0 amide bonds. The molecule has 0 saturated carbocycles. The minimum absolute atomic E-state index is 0.0541. The van der Waals surface area contributed by atoms with Crippen LogP contribution in [0.1, 0.15) is 72.1 Å². The number of hydrogen-bond acceptors (Lipinski definition) is 2. The van der Waals surface area contributed by atoms with Crippen LogP contribution in [0.25, 0.3) is 0 Å². The van der Waals surface area contributed by atoms with E-state index in [-0.39, 0.29) is 21.7 Å². The third-order valence-electron chi connectivity index (χ3n) is 9.40. The van der Waals surface area contributed by atoms with Crippen LogP contribution in [0, 0.1) is 5.41 Å². The Balaban J connectivity index is 1.80. The molecule has 2 nitrogen and oxygen atoms in total. The van der Waals surface area contributed by atoms with Crippen molar-refractivity contribution in [2.75, 3.05) is 16.8 Å². The van der Waals surface area contributed by atoms with Crippen LogP contribution < -0.4 is 9.80 Å². The molecule has 3 heteroatoms. The highest BCUT2D eigenvalue weighted by Gasteiger charge is 2.59. The lowest BCUT2D eigenvalue weighted by Crippen LogP contribution is -2.46. The lowest BCUT2D eigenvalue weighted by molar-refractivity contribution is 0.125. The van der Waals surface area contributed by atoms with E-state index in [1.54, 1.807) is 0 Å². The van der Waals surface area contributed by atoms with E-state index in [9.17, 15) is 0 Å². The maximum absolute atomic E-state index is 3.71. The van der Waals surface area contributed by atoms with Crippen molar-refractivity contribution < 1.29 is 0 Å². The van der Waals surface area contributed by atoms with E-state index in [2.05, 4.69) is 118 Å². The van der Waals surface area contributed by atoms with Crippen LogP contribution in [-0.2, 0) is 16.2 Å². The second kappa shape index (κ2) is 5.22. The molecule has 2 heterocycles. The van der Waals surface area contributed by atoms with Crippen molar-refractivity contribution in [3.63, 3.8) is 0 Å². The largest absolute Gasteiger partial charge is 0.352 e. The summed E-state index contributed by atoms with van der Waals surface area (Å²) in [5, 5.41) is 0. The van der Waals surface area contributed by atoms with Gasteiger partial charge in [0.1, 0.15) is 6.17 Å². The van der Waals surface area contributed by atoms with Gasteiger partial charge in [0.25, 0.3) is 0 Å². The van der Waals surface area contributed by atoms with Crippen molar-refractivity contribution >= 4 is 33.0 Å². The first-order valence-electron chi connectivity index (χ1n) is 10.8. The average molecular weight is 453 g/mol. The number of hydrogen-bond donors (Lipinski definition) is 0. The third-order valence-corrected chi connectivity index (χ3v) is 9.89. The van der Waals surface area contributed by atoms with Crippen LogP contribution in [0.5, 0.6) is 0 Å². The van der Waals surface area contributed by atoms with E-state index in [0.29, 0.717) is 6.17 Å². The molecule has 0 fully saturated rings. The highest BCUT2D eigenvalue weighted by atomic mass is 79.9. The Morgan fingerprint density at radius 2 is 1.28 bits per heavy atom. The van der Waals surface area contributed by atoms with Crippen molar-refractivity contribution in [3.8, 4) is 0 Å². The molecule has 154 valence electrons. The molecular weight excluding hydrogens is 420 g/mol. The summed E-state index contributed by atoms with van der Waals surface area (Å²) in [5.41, 5.74) is 9.03. The fourth-order valence-electron chi connectivity index (χ4n) is 6.43. The molecule has 0 N–H and O–H groups in total. The zero-order valence-corrected chi connectivity index (χ0v) is 20.8. The number of benzene rings is 2. The summed E-state index contributed by atoms with van der Waals surface area (Å²) < 4.78 is 1.15. The highest BCUT2D eigenvalue weighted by Crippen LogP contribution is 2.65. The van der Waals surface area contributed by atoms with Gasteiger partial charge in [0, 0.05) is 22.6 Å². The number of fused-ring (bicyclic) bond motifs is 6. The van der Waals surface area contributed by atoms with Crippen LogP contribution in [0.4, 0.5) is 17.1 Å². The summed E-state index contributed by atoms with van der Waals surface area (Å²) in [4.78, 5) is 5.10. The Hall–Kier alpha value is -1.48. The number of rotatable bonds is 0. The molecule has 3 aliphatic rings. The molecule has 5 rings (SSSR count). The summed E-state index contributed by atoms with van der Waals surface area (Å²) in [7, 11) is 2.27. The summed E-state index contributed by atoms with van der Waals surface area (Å²) in [6, 6.07) is 11.8. The van der Waals surface area contributed by atoms with Crippen molar-refractivity contribution in [2.24, 2.45) is 5.41 Å². The first-order chi connectivity index (χ1) is 13.2. The molecule has 0 spiro atoms. The van der Waals surface area contributed by atoms with E-state index < -0.39 is 0 Å². The van der Waals surface area contributed by atoms with Gasteiger partial charge in [-0.2, -0.15) is 0 Å². The predicted molar refractivity (Wildman–Crippen MR) is 128 cm³/mol. The second-order valence-electron chi connectivity index (χ2n) is 11.5. The molecule has 1 aliphatic carbocycles. The third kappa shape index (κ3) is 1.99. The van der Waals surface area contributed by atoms with E-state index >= 15 is 0 Å². The van der Waals surface area contributed by atoms with E-state index in [4.69, 9.17) is 0 Å². The van der Waals surface area contributed by atoms with Crippen LogP contribution in [0.3, 0.4) is 0 Å². The fraction of sp³-hybridized carbons (Fsp3) is 0.538. The van der Waals surface area contributed by atoms with Gasteiger partial charge < -0.3 is 9.80 Å². The molecule has 0 saturated heterocycles. The molecule has 2 aromatic rings. The van der Waals surface area contributed by atoms with Gasteiger partial charge in [-0.1, -0.05) is 77.4 Å². The zero-order chi connectivity index (χ0) is 21.3. The standard InChI is InChI=1S/C26H33BrN2/c1-23(2)16-11-10-15(27)12-19(16)29-21-14-18-17(13-20(21)28(9)22(23)29)24(3,4)26(7,8)25(18,5)6/h10-14,22H,1-9H3. The number of halogens is 1. The zero-order valence-electron chi connectivity index (χ0n) is 19.2. The first kappa shape index (κ1) is 19.5. The summed E-state index contributed by atoms with van der Waals surface area (Å²) in [6.45, 7) is 19.4. The van der Waals surface area contributed by atoms with Gasteiger partial charge in [-0.15, -0.1) is 0 Å². The maximum atomic E-state index is 3.71. The lowest BCUT2D eigenvalue weighted by Gasteiger charge is -2.44. The Labute approximate surface area is 184 Å². The van der Waals surface area contributed by atoms with Crippen molar-refractivity contribution in [2.45, 2.75) is 77.8 Å². The minimum Gasteiger partial charge on any atom is -0.352 e. The lowest BCUT2D eigenvalue weighted by atomic mass is 9.59. The molecule has 1 unspecified atom stereocenters.